The minimum atomic E-state index is -0.294. The molecule has 160 valence electrons. The zero-order valence-electron chi connectivity index (χ0n) is 17.8. The summed E-state index contributed by atoms with van der Waals surface area (Å²) in [5, 5.41) is 4.02. The largest absolute Gasteiger partial charge is 0.497 e. The van der Waals surface area contributed by atoms with Gasteiger partial charge in [0, 0.05) is 63.0 Å². The number of methoxy groups -OCH3 is 1. The summed E-state index contributed by atoms with van der Waals surface area (Å²) in [4.78, 5) is 31.5. The molecule has 0 bridgehead atoms. The molecular weight excluding hydrogens is 384 g/mol. The van der Waals surface area contributed by atoms with Crippen LogP contribution in [0, 0.1) is 19.8 Å². The van der Waals surface area contributed by atoms with Crippen LogP contribution in [0.3, 0.4) is 0 Å². The molecule has 1 aromatic heterocycles. The number of carbonyl (C=O) groups is 2. The normalized spacial score (nSPS) is 20.1. The van der Waals surface area contributed by atoms with Crippen molar-refractivity contribution in [3.8, 4) is 5.75 Å². The highest BCUT2D eigenvalue weighted by Gasteiger charge is 2.38. The van der Waals surface area contributed by atoms with Crippen LogP contribution in [-0.4, -0.2) is 66.6 Å². The van der Waals surface area contributed by atoms with Crippen LogP contribution in [0.25, 0.3) is 0 Å². The smallest absolute Gasteiger partial charge is 0.228 e. The second kappa shape index (κ2) is 8.47. The molecule has 3 heterocycles. The van der Waals surface area contributed by atoms with Gasteiger partial charge in [0.1, 0.15) is 11.5 Å². The van der Waals surface area contributed by atoms with Crippen molar-refractivity contribution in [3.63, 3.8) is 0 Å². The molecule has 2 aliphatic rings. The third-order valence-corrected chi connectivity index (χ3v) is 6.09. The first-order valence-corrected chi connectivity index (χ1v) is 10.3. The van der Waals surface area contributed by atoms with Gasteiger partial charge >= 0.3 is 0 Å². The van der Waals surface area contributed by atoms with Gasteiger partial charge in [0.05, 0.1) is 18.7 Å². The lowest BCUT2D eigenvalue weighted by Gasteiger charge is -2.35. The van der Waals surface area contributed by atoms with E-state index in [0.717, 1.165) is 42.3 Å². The predicted octanol–water partition coefficient (Wildman–Crippen LogP) is 2.00. The Balaban J connectivity index is 1.34. The van der Waals surface area contributed by atoms with Crippen LogP contribution in [-0.2, 0) is 16.1 Å². The molecule has 1 aromatic carbocycles. The van der Waals surface area contributed by atoms with Crippen molar-refractivity contribution in [1.29, 1.82) is 0 Å². The van der Waals surface area contributed by atoms with Crippen LogP contribution < -0.4 is 9.64 Å². The highest BCUT2D eigenvalue weighted by Crippen LogP contribution is 2.29. The Morgan fingerprint density at radius 1 is 1.23 bits per heavy atom. The molecule has 0 aliphatic carbocycles. The van der Waals surface area contributed by atoms with Gasteiger partial charge in [-0.1, -0.05) is 11.2 Å². The summed E-state index contributed by atoms with van der Waals surface area (Å²) in [5.74, 6) is 1.32. The fourth-order valence-electron chi connectivity index (χ4n) is 4.24. The summed E-state index contributed by atoms with van der Waals surface area (Å²) >= 11 is 0. The van der Waals surface area contributed by atoms with E-state index in [4.69, 9.17) is 9.26 Å². The second-order valence-corrected chi connectivity index (χ2v) is 8.01. The van der Waals surface area contributed by atoms with Gasteiger partial charge in [-0.3, -0.25) is 14.5 Å². The number of ether oxygens (including phenoxy) is 1. The predicted molar refractivity (Wildman–Crippen MR) is 111 cm³/mol. The van der Waals surface area contributed by atoms with E-state index in [-0.39, 0.29) is 24.2 Å². The molecule has 1 unspecified atom stereocenters. The van der Waals surface area contributed by atoms with Gasteiger partial charge in [-0.05, 0) is 26.0 Å². The third kappa shape index (κ3) is 4.05. The molecule has 1 atom stereocenters. The van der Waals surface area contributed by atoms with Gasteiger partial charge in [0.15, 0.2) is 0 Å². The molecule has 0 saturated carbocycles. The van der Waals surface area contributed by atoms with E-state index in [1.54, 1.807) is 12.0 Å². The van der Waals surface area contributed by atoms with Crippen LogP contribution in [0.4, 0.5) is 5.69 Å². The average Bonchev–Trinajstić information content (AvgIpc) is 3.31. The molecular formula is C22H28N4O4. The summed E-state index contributed by atoms with van der Waals surface area (Å²) in [6.07, 6.45) is 0.259. The lowest BCUT2D eigenvalue weighted by atomic mass is 10.1. The van der Waals surface area contributed by atoms with Gasteiger partial charge < -0.3 is 19.1 Å². The lowest BCUT2D eigenvalue weighted by molar-refractivity contribution is -0.137. The summed E-state index contributed by atoms with van der Waals surface area (Å²) < 4.78 is 10.5. The number of carbonyl (C=O) groups excluding carboxylic acids is 2. The van der Waals surface area contributed by atoms with Crippen molar-refractivity contribution < 1.29 is 18.8 Å². The van der Waals surface area contributed by atoms with E-state index in [0.29, 0.717) is 25.4 Å². The molecule has 30 heavy (non-hydrogen) atoms. The van der Waals surface area contributed by atoms with Gasteiger partial charge in [0.2, 0.25) is 11.8 Å². The number of nitrogens with zero attached hydrogens (tertiary/aromatic N) is 4. The Bertz CT molecular complexity index is 913. The average molecular weight is 412 g/mol. The number of piperazine rings is 1. The maximum absolute atomic E-state index is 13.1. The van der Waals surface area contributed by atoms with Crippen LogP contribution in [0.1, 0.15) is 23.4 Å². The van der Waals surface area contributed by atoms with Crippen molar-refractivity contribution in [3.05, 3.63) is 41.3 Å². The molecule has 8 nitrogen and oxygen atoms in total. The molecule has 2 saturated heterocycles. The van der Waals surface area contributed by atoms with Gasteiger partial charge in [0.25, 0.3) is 0 Å². The van der Waals surface area contributed by atoms with Crippen molar-refractivity contribution in [2.24, 2.45) is 5.92 Å². The number of aryl methyl sites for hydroxylation is 2. The van der Waals surface area contributed by atoms with Gasteiger partial charge in [-0.2, -0.15) is 0 Å². The van der Waals surface area contributed by atoms with Crippen molar-refractivity contribution >= 4 is 17.5 Å². The zero-order chi connectivity index (χ0) is 21.3. The van der Waals surface area contributed by atoms with E-state index in [2.05, 4.69) is 10.1 Å². The molecule has 2 amide bonds. The molecule has 2 aromatic rings. The van der Waals surface area contributed by atoms with E-state index in [9.17, 15) is 9.59 Å². The summed E-state index contributed by atoms with van der Waals surface area (Å²) in [5.41, 5.74) is 2.83. The molecule has 2 aliphatic heterocycles. The zero-order valence-corrected chi connectivity index (χ0v) is 17.8. The Labute approximate surface area is 176 Å². The van der Waals surface area contributed by atoms with Crippen LogP contribution in [0.5, 0.6) is 5.75 Å². The summed E-state index contributed by atoms with van der Waals surface area (Å²) in [6.45, 7) is 8.04. The van der Waals surface area contributed by atoms with E-state index < -0.39 is 0 Å². The topological polar surface area (TPSA) is 79.1 Å². The Hall–Kier alpha value is -2.87. The number of amides is 2. The maximum Gasteiger partial charge on any atom is 0.228 e. The highest BCUT2D eigenvalue weighted by molar-refractivity contribution is 6.00. The third-order valence-electron chi connectivity index (χ3n) is 6.09. The van der Waals surface area contributed by atoms with Crippen LogP contribution >= 0.6 is 0 Å². The standard InChI is InChI=1S/C22H28N4O4/c1-15-20(16(2)30-23-15)14-24-7-9-25(10-8-24)22(28)17-11-21(27)26(13-17)18-5-4-6-19(12-18)29-3/h4-6,12,17H,7-11,13-14H2,1-3H3. The van der Waals surface area contributed by atoms with Crippen molar-refractivity contribution in [1.82, 2.24) is 15.0 Å². The Kier molecular flexibility index (Phi) is 5.76. The fourth-order valence-corrected chi connectivity index (χ4v) is 4.24. The number of rotatable bonds is 5. The molecule has 4 rings (SSSR count). The number of hydrogen-bond acceptors (Lipinski definition) is 6. The van der Waals surface area contributed by atoms with Gasteiger partial charge in [-0.15, -0.1) is 0 Å². The highest BCUT2D eigenvalue weighted by atomic mass is 16.5. The lowest BCUT2D eigenvalue weighted by Crippen LogP contribution is -2.50. The molecule has 0 N–H and O–H groups in total. The van der Waals surface area contributed by atoms with Crippen molar-refractivity contribution in [2.75, 3.05) is 44.7 Å². The fraction of sp³-hybridized carbons (Fsp3) is 0.500. The second-order valence-electron chi connectivity index (χ2n) is 8.01. The molecule has 0 spiro atoms. The van der Waals surface area contributed by atoms with Crippen LogP contribution in [0.2, 0.25) is 0 Å². The quantitative estimate of drug-likeness (QED) is 0.747. The number of benzene rings is 1. The number of aromatic nitrogens is 1. The maximum atomic E-state index is 13.1. The van der Waals surface area contributed by atoms with Crippen molar-refractivity contribution in [2.45, 2.75) is 26.8 Å². The Morgan fingerprint density at radius 3 is 2.67 bits per heavy atom. The minimum absolute atomic E-state index is 0.0151. The van der Waals surface area contributed by atoms with Crippen LogP contribution in [0.15, 0.2) is 28.8 Å². The van der Waals surface area contributed by atoms with E-state index in [1.807, 2.05) is 43.0 Å². The summed E-state index contributed by atoms with van der Waals surface area (Å²) in [6, 6.07) is 7.41. The number of anilines is 1. The van der Waals surface area contributed by atoms with E-state index >= 15 is 0 Å². The molecule has 0 radical (unpaired) electrons. The number of hydrogen-bond donors (Lipinski definition) is 0. The Morgan fingerprint density at radius 2 is 2.00 bits per heavy atom. The first-order chi connectivity index (χ1) is 14.5. The molecule has 2 fully saturated rings. The first kappa shape index (κ1) is 20.4. The SMILES string of the molecule is COc1cccc(N2CC(C(=O)N3CCN(Cc4c(C)noc4C)CC3)CC2=O)c1. The monoisotopic (exact) mass is 412 g/mol. The minimum Gasteiger partial charge on any atom is -0.497 e. The van der Waals surface area contributed by atoms with Gasteiger partial charge in [-0.25, -0.2) is 0 Å². The summed E-state index contributed by atoms with van der Waals surface area (Å²) in [7, 11) is 1.60. The first-order valence-electron chi connectivity index (χ1n) is 10.3. The molecule has 8 heteroatoms. The van der Waals surface area contributed by atoms with E-state index in [1.165, 1.54) is 0 Å².